The van der Waals surface area contributed by atoms with Crippen molar-refractivity contribution in [2.24, 2.45) is 0 Å². The van der Waals surface area contributed by atoms with Gasteiger partial charge < -0.3 is 14.4 Å². The summed E-state index contributed by atoms with van der Waals surface area (Å²) in [7, 11) is 0. The fourth-order valence-corrected chi connectivity index (χ4v) is 5.38. The minimum absolute atomic E-state index is 0.373. The second kappa shape index (κ2) is 8.00. The zero-order valence-electron chi connectivity index (χ0n) is 17.4. The summed E-state index contributed by atoms with van der Waals surface area (Å²) in [6, 6.07) is 7.25. The van der Waals surface area contributed by atoms with Crippen LogP contribution in [0.25, 0.3) is 0 Å². The Hall–Kier alpha value is -1.26. The van der Waals surface area contributed by atoms with Crippen LogP contribution in [0.5, 0.6) is 5.75 Å². The molecule has 1 aliphatic carbocycles. The van der Waals surface area contributed by atoms with Crippen molar-refractivity contribution in [3.63, 3.8) is 0 Å². The smallest absolute Gasteiger partial charge is 0.142 e. The van der Waals surface area contributed by atoms with Gasteiger partial charge in [-0.25, -0.2) is 0 Å². The number of anilines is 1. The van der Waals surface area contributed by atoms with E-state index < -0.39 is 0 Å². The minimum Gasteiger partial charge on any atom is -0.490 e. The summed E-state index contributed by atoms with van der Waals surface area (Å²) in [5, 5.41) is 0. The van der Waals surface area contributed by atoms with Crippen LogP contribution in [0, 0.1) is 6.92 Å². The molecule has 2 fully saturated rings. The van der Waals surface area contributed by atoms with E-state index in [0.29, 0.717) is 17.7 Å². The number of aryl methyl sites for hydroxylation is 1. The molecule has 0 radical (unpaired) electrons. The van der Waals surface area contributed by atoms with E-state index in [1.54, 1.807) is 0 Å². The summed E-state index contributed by atoms with van der Waals surface area (Å²) in [5.74, 6) is 1.07. The maximum absolute atomic E-state index is 5.90. The number of fused-ring (bicyclic) bond motifs is 1. The lowest BCUT2D eigenvalue weighted by molar-refractivity contribution is -0.0251. The summed E-state index contributed by atoms with van der Waals surface area (Å²) in [4.78, 5) is 5.40. The van der Waals surface area contributed by atoms with Crippen molar-refractivity contribution in [2.45, 2.75) is 77.0 Å². The quantitative estimate of drug-likeness (QED) is 0.782. The van der Waals surface area contributed by atoms with E-state index in [1.165, 1.54) is 62.9 Å². The normalized spacial score (nSPS) is 30.0. The number of hydrogen-bond acceptors (Lipinski definition) is 4. The van der Waals surface area contributed by atoms with E-state index in [1.807, 2.05) is 0 Å². The third kappa shape index (κ3) is 3.97. The summed E-state index contributed by atoms with van der Waals surface area (Å²) in [5.41, 5.74) is 3.00. The van der Waals surface area contributed by atoms with Crippen LogP contribution in [0.4, 0.5) is 5.69 Å². The molecular formula is C23H36N2O2. The highest BCUT2D eigenvalue weighted by atomic mass is 16.5. The highest BCUT2D eigenvalue weighted by Crippen LogP contribution is 2.39. The lowest BCUT2D eigenvalue weighted by Crippen LogP contribution is -2.55. The van der Waals surface area contributed by atoms with Crippen molar-refractivity contribution in [3.05, 3.63) is 23.8 Å². The van der Waals surface area contributed by atoms with Crippen molar-refractivity contribution in [3.8, 4) is 5.75 Å². The van der Waals surface area contributed by atoms with E-state index in [0.717, 1.165) is 25.5 Å². The Morgan fingerprint density at radius 3 is 2.56 bits per heavy atom. The van der Waals surface area contributed by atoms with Gasteiger partial charge in [0, 0.05) is 31.3 Å². The summed E-state index contributed by atoms with van der Waals surface area (Å²) in [6.45, 7) is 11.9. The molecule has 1 aromatic rings. The van der Waals surface area contributed by atoms with Crippen LogP contribution < -0.4 is 9.64 Å². The van der Waals surface area contributed by atoms with Gasteiger partial charge in [0.2, 0.25) is 0 Å². The summed E-state index contributed by atoms with van der Waals surface area (Å²) < 4.78 is 11.8. The van der Waals surface area contributed by atoms with Crippen molar-refractivity contribution < 1.29 is 9.47 Å². The lowest BCUT2D eigenvalue weighted by Gasteiger charge is -2.50. The first-order valence-corrected chi connectivity index (χ1v) is 11.0. The number of hydrogen-bond donors (Lipinski definition) is 0. The molecule has 27 heavy (non-hydrogen) atoms. The van der Waals surface area contributed by atoms with Crippen LogP contribution >= 0.6 is 0 Å². The van der Waals surface area contributed by atoms with Crippen molar-refractivity contribution >= 4 is 5.69 Å². The average Bonchev–Trinajstić information content (AvgIpc) is 2.70. The predicted molar refractivity (Wildman–Crippen MR) is 111 cm³/mol. The van der Waals surface area contributed by atoms with E-state index in [4.69, 9.17) is 9.47 Å². The second-order valence-corrected chi connectivity index (χ2v) is 8.88. The van der Waals surface area contributed by atoms with Gasteiger partial charge in [-0.1, -0.05) is 6.07 Å². The highest BCUT2D eigenvalue weighted by molar-refractivity contribution is 5.62. The molecule has 0 amide bonds. The van der Waals surface area contributed by atoms with Gasteiger partial charge in [-0.05, 0) is 77.0 Å². The molecule has 1 saturated carbocycles. The van der Waals surface area contributed by atoms with E-state index in [-0.39, 0.29) is 0 Å². The number of rotatable bonds is 4. The predicted octanol–water partition coefficient (Wildman–Crippen LogP) is 4.40. The van der Waals surface area contributed by atoms with Crippen molar-refractivity contribution in [2.75, 3.05) is 37.7 Å². The van der Waals surface area contributed by atoms with Crippen LogP contribution in [0.15, 0.2) is 18.2 Å². The maximum atomic E-state index is 5.90. The highest BCUT2D eigenvalue weighted by Gasteiger charge is 2.39. The number of piperidine rings is 1. The molecule has 0 aromatic heterocycles. The molecule has 150 valence electrons. The monoisotopic (exact) mass is 372 g/mol. The van der Waals surface area contributed by atoms with E-state index in [2.05, 4.69) is 48.8 Å². The first-order chi connectivity index (χ1) is 13.1. The molecule has 4 heteroatoms. The zero-order chi connectivity index (χ0) is 18.9. The Kier molecular flexibility index (Phi) is 5.65. The molecule has 1 saturated heterocycles. The van der Waals surface area contributed by atoms with Gasteiger partial charge in [0.15, 0.2) is 0 Å². The largest absolute Gasteiger partial charge is 0.490 e. The first-order valence-electron chi connectivity index (χ1n) is 11.0. The molecule has 2 heterocycles. The van der Waals surface area contributed by atoms with Crippen molar-refractivity contribution in [1.82, 2.24) is 4.90 Å². The third-order valence-electron chi connectivity index (χ3n) is 7.09. The molecule has 4 nitrogen and oxygen atoms in total. The molecule has 3 aliphatic rings. The van der Waals surface area contributed by atoms with Crippen LogP contribution in [0.2, 0.25) is 0 Å². The topological polar surface area (TPSA) is 24.9 Å². The number of ether oxygens (including phenoxy) is 2. The maximum Gasteiger partial charge on any atom is 0.142 e. The van der Waals surface area contributed by atoms with Gasteiger partial charge in [-0.2, -0.15) is 0 Å². The van der Waals surface area contributed by atoms with Crippen LogP contribution in [-0.2, 0) is 4.74 Å². The Morgan fingerprint density at radius 1 is 1.11 bits per heavy atom. The van der Waals surface area contributed by atoms with Crippen molar-refractivity contribution in [1.29, 1.82) is 0 Å². The van der Waals surface area contributed by atoms with Gasteiger partial charge in [0.25, 0.3) is 0 Å². The Morgan fingerprint density at radius 2 is 1.85 bits per heavy atom. The second-order valence-electron chi connectivity index (χ2n) is 8.88. The molecule has 0 N–H and O–H groups in total. The minimum atomic E-state index is 0.373. The number of benzene rings is 1. The molecule has 1 aromatic carbocycles. The van der Waals surface area contributed by atoms with Crippen LogP contribution in [0.3, 0.4) is 0 Å². The van der Waals surface area contributed by atoms with Gasteiger partial charge in [0.1, 0.15) is 12.4 Å². The molecule has 0 spiro atoms. The molecule has 4 rings (SSSR count). The molecule has 0 atom stereocenters. The number of likely N-dealkylation sites (tertiary alicyclic amines) is 1. The van der Waals surface area contributed by atoms with Gasteiger partial charge in [0.05, 0.1) is 18.3 Å². The average molecular weight is 373 g/mol. The van der Waals surface area contributed by atoms with Gasteiger partial charge in [-0.3, -0.25) is 4.90 Å². The Labute approximate surface area is 164 Å². The van der Waals surface area contributed by atoms with Crippen LogP contribution in [0.1, 0.15) is 57.9 Å². The molecule has 0 bridgehead atoms. The standard InChI is InChI=1S/C23H36N2O2/c1-4-26-20-7-11-23(3,12-8-20)24-13-9-19(10-14-24)25-15-16-27-22-6-5-18(2)17-21(22)25/h5-6,17,19-20H,4,7-16H2,1-3H3. The van der Waals surface area contributed by atoms with E-state index >= 15 is 0 Å². The van der Waals surface area contributed by atoms with Gasteiger partial charge >= 0.3 is 0 Å². The Bertz CT molecular complexity index is 631. The summed E-state index contributed by atoms with van der Waals surface area (Å²) in [6.07, 6.45) is 8.02. The van der Waals surface area contributed by atoms with Crippen LogP contribution in [-0.4, -0.2) is 55.4 Å². The lowest BCUT2D eigenvalue weighted by atomic mass is 9.79. The van der Waals surface area contributed by atoms with E-state index in [9.17, 15) is 0 Å². The third-order valence-corrected chi connectivity index (χ3v) is 7.09. The van der Waals surface area contributed by atoms with Gasteiger partial charge in [-0.15, -0.1) is 0 Å². The first kappa shape index (κ1) is 19.1. The summed E-state index contributed by atoms with van der Waals surface area (Å²) >= 11 is 0. The molecule has 0 unspecified atom stereocenters. The fourth-order valence-electron chi connectivity index (χ4n) is 5.38. The fraction of sp³-hybridized carbons (Fsp3) is 0.739. The Balaban J connectivity index is 1.37. The molecule has 2 aliphatic heterocycles. The zero-order valence-corrected chi connectivity index (χ0v) is 17.4. The SMILES string of the molecule is CCOC1CCC(C)(N2CCC(N3CCOc4ccc(C)cc43)CC2)CC1. The number of nitrogens with zero attached hydrogens (tertiary/aromatic N) is 2. The molecular weight excluding hydrogens is 336 g/mol.